The fourth-order valence-electron chi connectivity index (χ4n) is 3.38. The molecule has 3 rings (SSSR count). The summed E-state index contributed by atoms with van der Waals surface area (Å²) < 4.78 is 4.89. The first-order valence-electron chi connectivity index (χ1n) is 8.90. The zero-order valence-electron chi connectivity index (χ0n) is 16.1. The van der Waals surface area contributed by atoms with Crippen LogP contribution in [0.2, 0.25) is 0 Å². The van der Waals surface area contributed by atoms with Crippen LogP contribution in [-0.4, -0.2) is 70.3 Å². The number of carbonyl (C=O) groups is 4. The topological polar surface area (TPSA) is 174 Å². The van der Waals surface area contributed by atoms with Gasteiger partial charge in [-0.05, 0) is 19.8 Å². The van der Waals surface area contributed by atoms with Crippen LogP contribution in [0.25, 0.3) is 0 Å². The Balaban J connectivity index is 1.81. The number of rotatable bonds is 7. The molecule has 12 nitrogen and oxygen atoms in total. The maximum absolute atomic E-state index is 12.7. The molecule has 13 heteroatoms. The summed E-state index contributed by atoms with van der Waals surface area (Å²) in [4.78, 5) is 58.8. The largest absolute Gasteiger partial charge is 0.477 e. The highest BCUT2D eigenvalue weighted by molar-refractivity contribution is 7.13. The normalized spacial score (nSPS) is 20.9. The van der Waals surface area contributed by atoms with Gasteiger partial charge in [0.1, 0.15) is 24.5 Å². The average Bonchev–Trinajstić information content (AvgIpc) is 3.14. The van der Waals surface area contributed by atoms with Crippen molar-refractivity contribution in [2.24, 2.45) is 5.16 Å². The van der Waals surface area contributed by atoms with Crippen molar-refractivity contribution in [1.29, 1.82) is 0 Å². The quantitative estimate of drug-likeness (QED) is 0.219. The molecular weight excluding hydrogens is 418 g/mol. The molecule has 3 heterocycles. The summed E-state index contributed by atoms with van der Waals surface area (Å²) in [5.41, 5.74) is 5.10. The van der Waals surface area contributed by atoms with Gasteiger partial charge in [0.05, 0.1) is 18.2 Å². The first kappa shape index (κ1) is 21.2. The molecule has 0 saturated carbocycles. The van der Waals surface area contributed by atoms with Gasteiger partial charge in [-0.25, -0.2) is 14.6 Å². The Labute approximate surface area is 174 Å². The standard InChI is InChI=1S/C17H19N5O7S/c1-3-29-16(27)7-4-5-9-11(14(24)22(9)12(7)15(25)26)20-13(23)10(21-28-2)8-6-30-17(18)19-8/h6,9,11H,3-5H2,1-2H3,(H2,18,19)(H,20,23)(H,25,26)/b21-10-/t9?,11-/m0/s1. The molecule has 2 amide bonds. The number of β-lactam (4-membered cyclic amide) rings is 1. The number of hydrogen-bond acceptors (Lipinski definition) is 10. The maximum atomic E-state index is 12.7. The smallest absolute Gasteiger partial charge is 0.353 e. The number of amides is 2. The van der Waals surface area contributed by atoms with Crippen LogP contribution >= 0.6 is 11.3 Å². The van der Waals surface area contributed by atoms with E-state index in [-0.39, 0.29) is 41.6 Å². The van der Waals surface area contributed by atoms with E-state index in [4.69, 9.17) is 10.5 Å². The number of oxime groups is 1. The van der Waals surface area contributed by atoms with Crippen LogP contribution in [0.5, 0.6) is 0 Å². The molecule has 1 aromatic rings. The summed E-state index contributed by atoms with van der Waals surface area (Å²) in [5, 5.41) is 17.5. The van der Waals surface area contributed by atoms with E-state index in [2.05, 4.69) is 20.3 Å². The van der Waals surface area contributed by atoms with Crippen LogP contribution in [0.15, 0.2) is 21.8 Å². The number of carbonyl (C=O) groups excluding carboxylic acids is 3. The molecule has 160 valence electrons. The maximum Gasteiger partial charge on any atom is 0.353 e. The Hall–Kier alpha value is -3.48. The van der Waals surface area contributed by atoms with Crippen LogP contribution in [-0.2, 0) is 28.8 Å². The summed E-state index contributed by atoms with van der Waals surface area (Å²) in [6.07, 6.45) is 0.380. The summed E-state index contributed by atoms with van der Waals surface area (Å²) in [7, 11) is 1.25. The minimum Gasteiger partial charge on any atom is -0.477 e. The number of thiazole rings is 1. The number of hydrogen-bond donors (Lipinski definition) is 3. The molecular formula is C17H19N5O7S. The van der Waals surface area contributed by atoms with E-state index in [1.165, 1.54) is 12.5 Å². The van der Waals surface area contributed by atoms with Gasteiger partial charge in [-0.3, -0.25) is 14.5 Å². The number of anilines is 1. The van der Waals surface area contributed by atoms with Crippen LogP contribution in [0.1, 0.15) is 25.5 Å². The van der Waals surface area contributed by atoms with Gasteiger partial charge >= 0.3 is 11.9 Å². The Kier molecular flexibility index (Phi) is 6.01. The van der Waals surface area contributed by atoms with Crippen molar-refractivity contribution in [3.8, 4) is 0 Å². The molecule has 2 atom stereocenters. The lowest BCUT2D eigenvalue weighted by molar-refractivity contribution is -0.156. The molecule has 1 unspecified atom stereocenters. The number of aromatic nitrogens is 1. The second-order valence-corrected chi connectivity index (χ2v) is 7.20. The van der Waals surface area contributed by atoms with Crippen molar-refractivity contribution in [3.63, 3.8) is 0 Å². The molecule has 0 spiro atoms. The number of nitrogen functional groups attached to an aromatic ring is 1. The molecule has 2 aliphatic heterocycles. The van der Waals surface area contributed by atoms with Crippen LogP contribution in [0.3, 0.4) is 0 Å². The summed E-state index contributed by atoms with van der Waals surface area (Å²) in [6, 6.07) is -1.59. The van der Waals surface area contributed by atoms with Gasteiger partial charge in [-0.2, -0.15) is 0 Å². The van der Waals surface area contributed by atoms with E-state index in [0.29, 0.717) is 0 Å². The Morgan fingerprint density at radius 3 is 2.77 bits per heavy atom. The Bertz CT molecular complexity index is 969. The predicted molar refractivity (Wildman–Crippen MR) is 103 cm³/mol. The molecule has 0 aliphatic carbocycles. The fraction of sp³-hybridized carbons (Fsp3) is 0.412. The lowest BCUT2D eigenvalue weighted by Gasteiger charge is -2.49. The van der Waals surface area contributed by atoms with Crippen molar-refractivity contribution < 1.29 is 33.9 Å². The molecule has 1 fully saturated rings. The van der Waals surface area contributed by atoms with E-state index in [0.717, 1.165) is 16.2 Å². The third kappa shape index (κ3) is 3.70. The van der Waals surface area contributed by atoms with E-state index >= 15 is 0 Å². The van der Waals surface area contributed by atoms with Crippen LogP contribution < -0.4 is 11.1 Å². The fourth-order valence-corrected chi connectivity index (χ4v) is 3.93. The Morgan fingerprint density at radius 1 is 1.47 bits per heavy atom. The number of nitrogens with zero attached hydrogens (tertiary/aromatic N) is 3. The first-order chi connectivity index (χ1) is 14.3. The van der Waals surface area contributed by atoms with E-state index in [9.17, 15) is 24.3 Å². The average molecular weight is 437 g/mol. The second kappa shape index (κ2) is 8.49. The highest BCUT2D eigenvalue weighted by Crippen LogP contribution is 2.37. The number of ether oxygens (including phenoxy) is 1. The summed E-state index contributed by atoms with van der Waals surface area (Å²) in [5.74, 6) is -3.57. The van der Waals surface area contributed by atoms with Crippen molar-refractivity contribution in [2.45, 2.75) is 31.8 Å². The molecule has 0 aromatic carbocycles. The first-order valence-corrected chi connectivity index (χ1v) is 9.78. The van der Waals surface area contributed by atoms with Gasteiger partial charge in [0.2, 0.25) is 0 Å². The minimum atomic E-state index is -1.42. The van der Waals surface area contributed by atoms with Crippen molar-refractivity contribution in [2.75, 3.05) is 19.5 Å². The van der Waals surface area contributed by atoms with E-state index < -0.39 is 41.5 Å². The van der Waals surface area contributed by atoms with Gasteiger partial charge in [0.25, 0.3) is 11.8 Å². The minimum absolute atomic E-state index is 0.0710. The number of carboxylic acid groups (broad SMARTS) is 1. The highest BCUT2D eigenvalue weighted by atomic mass is 32.1. The van der Waals surface area contributed by atoms with Gasteiger partial charge < -0.3 is 25.7 Å². The number of aliphatic carboxylic acids is 1. The number of esters is 1. The predicted octanol–water partition coefficient (Wildman–Crippen LogP) is -0.533. The molecule has 0 bridgehead atoms. The number of nitrogens with two attached hydrogens (primary N) is 1. The molecule has 4 N–H and O–H groups in total. The molecule has 30 heavy (non-hydrogen) atoms. The number of fused-ring (bicyclic) bond motifs is 1. The van der Waals surface area contributed by atoms with Gasteiger partial charge in [-0.15, -0.1) is 11.3 Å². The zero-order valence-corrected chi connectivity index (χ0v) is 16.9. The lowest BCUT2D eigenvalue weighted by atomic mass is 9.83. The Morgan fingerprint density at radius 2 is 2.20 bits per heavy atom. The summed E-state index contributed by atoms with van der Waals surface area (Å²) >= 11 is 1.10. The molecule has 0 radical (unpaired) electrons. The van der Waals surface area contributed by atoms with Crippen molar-refractivity contribution in [1.82, 2.24) is 15.2 Å². The number of carboxylic acids is 1. The zero-order chi connectivity index (χ0) is 22.0. The monoisotopic (exact) mass is 437 g/mol. The van der Waals surface area contributed by atoms with Gasteiger partial charge in [0, 0.05) is 5.38 Å². The third-order valence-electron chi connectivity index (χ3n) is 4.61. The van der Waals surface area contributed by atoms with Crippen LogP contribution in [0, 0.1) is 0 Å². The van der Waals surface area contributed by atoms with Gasteiger partial charge in [-0.1, -0.05) is 5.16 Å². The number of nitrogens with one attached hydrogen (secondary N) is 1. The highest BCUT2D eigenvalue weighted by Gasteiger charge is 2.54. The lowest BCUT2D eigenvalue weighted by Crippen LogP contribution is -2.72. The van der Waals surface area contributed by atoms with Gasteiger partial charge in [0.15, 0.2) is 10.8 Å². The molecule has 1 aromatic heterocycles. The van der Waals surface area contributed by atoms with Crippen LogP contribution in [0.4, 0.5) is 5.13 Å². The van der Waals surface area contributed by atoms with E-state index in [1.54, 1.807) is 6.92 Å². The van der Waals surface area contributed by atoms with Crippen molar-refractivity contribution in [3.05, 3.63) is 22.3 Å². The third-order valence-corrected chi connectivity index (χ3v) is 5.28. The van der Waals surface area contributed by atoms with Crippen molar-refractivity contribution >= 4 is 45.9 Å². The molecule has 2 aliphatic rings. The molecule has 1 saturated heterocycles. The SMILES string of the molecule is CCOC(=O)C1=C(C(=O)O)N2C(=O)[C@@H](NC(=O)/C(=N\OC)c3csc(N)n3)C2CC1. The second-order valence-electron chi connectivity index (χ2n) is 6.31. The summed E-state index contributed by atoms with van der Waals surface area (Å²) in [6.45, 7) is 1.67. The van der Waals surface area contributed by atoms with E-state index in [1.807, 2.05) is 0 Å².